The van der Waals surface area contributed by atoms with Gasteiger partial charge in [0.15, 0.2) is 0 Å². The van der Waals surface area contributed by atoms with E-state index in [9.17, 15) is 0 Å². The minimum atomic E-state index is -0.189. The molecule has 2 N–H and O–H groups in total. The van der Waals surface area contributed by atoms with Crippen molar-refractivity contribution in [3.63, 3.8) is 0 Å². The van der Waals surface area contributed by atoms with Crippen LogP contribution in [-0.2, 0) is 11.2 Å². The second kappa shape index (κ2) is 5.02. The highest BCUT2D eigenvalue weighted by atomic mass is 16.5. The molecular formula is C14H23N3O. The van der Waals surface area contributed by atoms with Crippen molar-refractivity contribution in [3.8, 4) is 0 Å². The molecular weight excluding hydrogens is 226 g/mol. The summed E-state index contributed by atoms with van der Waals surface area (Å²) in [6.45, 7) is 1.46. The van der Waals surface area contributed by atoms with E-state index in [2.05, 4.69) is 16.9 Å². The van der Waals surface area contributed by atoms with Crippen LogP contribution in [-0.4, -0.2) is 28.5 Å². The molecule has 18 heavy (non-hydrogen) atoms. The summed E-state index contributed by atoms with van der Waals surface area (Å²) >= 11 is 0. The zero-order chi connectivity index (χ0) is 12.4. The molecule has 2 fully saturated rings. The minimum Gasteiger partial charge on any atom is -0.379 e. The molecule has 0 bridgehead atoms. The lowest BCUT2D eigenvalue weighted by atomic mass is 9.94. The third-order valence-electron chi connectivity index (χ3n) is 4.28. The third kappa shape index (κ3) is 2.59. The highest BCUT2D eigenvalue weighted by Crippen LogP contribution is 2.28. The highest BCUT2D eigenvalue weighted by molar-refractivity contribution is 5.07. The predicted molar refractivity (Wildman–Crippen MR) is 70.4 cm³/mol. The Hall–Kier alpha value is -0.870. The van der Waals surface area contributed by atoms with Gasteiger partial charge in [-0.15, -0.1) is 0 Å². The second-order valence-electron chi connectivity index (χ2n) is 5.92. The largest absolute Gasteiger partial charge is 0.379 e. The van der Waals surface area contributed by atoms with E-state index in [4.69, 9.17) is 15.6 Å². The van der Waals surface area contributed by atoms with E-state index >= 15 is 0 Å². The fourth-order valence-corrected chi connectivity index (χ4v) is 3.14. The molecule has 1 atom stereocenters. The first-order valence-corrected chi connectivity index (χ1v) is 7.16. The Morgan fingerprint density at radius 2 is 2.22 bits per heavy atom. The van der Waals surface area contributed by atoms with Crippen LogP contribution in [0.2, 0.25) is 0 Å². The van der Waals surface area contributed by atoms with Crippen molar-refractivity contribution in [1.29, 1.82) is 0 Å². The average Bonchev–Trinajstić information content (AvgIpc) is 3.00. The maximum absolute atomic E-state index is 6.30. The smallest absolute Gasteiger partial charge is 0.0650 e. The predicted octanol–water partition coefficient (Wildman–Crippen LogP) is 2.05. The van der Waals surface area contributed by atoms with Crippen molar-refractivity contribution in [2.24, 2.45) is 5.73 Å². The molecule has 4 nitrogen and oxygen atoms in total. The maximum atomic E-state index is 6.30. The van der Waals surface area contributed by atoms with E-state index in [-0.39, 0.29) is 5.54 Å². The summed E-state index contributed by atoms with van der Waals surface area (Å²) in [6, 6.07) is 2.74. The van der Waals surface area contributed by atoms with Crippen LogP contribution in [0.15, 0.2) is 12.3 Å². The van der Waals surface area contributed by atoms with E-state index in [0.29, 0.717) is 12.6 Å². The Bertz CT molecular complexity index is 389. The summed E-state index contributed by atoms with van der Waals surface area (Å²) in [5.74, 6) is 0. The summed E-state index contributed by atoms with van der Waals surface area (Å²) < 4.78 is 7.56. The van der Waals surface area contributed by atoms with Crippen LogP contribution in [0.1, 0.15) is 50.3 Å². The van der Waals surface area contributed by atoms with Crippen LogP contribution in [0.3, 0.4) is 0 Å². The van der Waals surface area contributed by atoms with E-state index in [1.807, 2.05) is 0 Å². The first-order valence-electron chi connectivity index (χ1n) is 7.16. The Balaban J connectivity index is 1.65. The summed E-state index contributed by atoms with van der Waals surface area (Å²) in [7, 11) is 0. The molecule has 1 aromatic rings. The lowest BCUT2D eigenvalue weighted by molar-refractivity contribution is 0.177. The maximum Gasteiger partial charge on any atom is 0.0650 e. The summed E-state index contributed by atoms with van der Waals surface area (Å²) in [4.78, 5) is 0. The van der Waals surface area contributed by atoms with Crippen LogP contribution in [0.5, 0.6) is 0 Å². The molecule has 0 radical (unpaired) electrons. The van der Waals surface area contributed by atoms with Gasteiger partial charge in [0, 0.05) is 24.8 Å². The Labute approximate surface area is 108 Å². The zero-order valence-corrected chi connectivity index (χ0v) is 11.0. The Kier molecular flexibility index (Phi) is 3.39. The Morgan fingerprint density at radius 1 is 1.39 bits per heavy atom. The highest BCUT2D eigenvalue weighted by Gasteiger charge is 2.31. The topological polar surface area (TPSA) is 53.1 Å². The number of rotatable bonds is 3. The first-order chi connectivity index (χ1) is 8.75. The standard InChI is InChI=1S/C14H23N3O/c15-14(7-9-18-11-14)10-12-6-8-17(16-12)13-4-2-1-3-5-13/h6,8,13H,1-5,7,9-11,15H2. The molecule has 1 aromatic heterocycles. The van der Waals surface area contributed by atoms with Crippen molar-refractivity contribution in [2.45, 2.75) is 56.5 Å². The molecule has 2 heterocycles. The number of nitrogens with zero attached hydrogens (tertiary/aromatic N) is 2. The van der Waals surface area contributed by atoms with Gasteiger partial charge < -0.3 is 10.5 Å². The number of nitrogens with two attached hydrogens (primary N) is 1. The Morgan fingerprint density at radius 3 is 2.94 bits per heavy atom. The van der Waals surface area contributed by atoms with Crippen molar-refractivity contribution < 1.29 is 4.74 Å². The van der Waals surface area contributed by atoms with E-state index in [1.165, 1.54) is 32.1 Å². The van der Waals surface area contributed by atoms with Crippen LogP contribution in [0.4, 0.5) is 0 Å². The van der Waals surface area contributed by atoms with Gasteiger partial charge in [0.25, 0.3) is 0 Å². The van der Waals surface area contributed by atoms with E-state index < -0.39 is 0 Å². The van der Waals surface area contributed by atoms with Gasteiger partial charge in [-0.1, -0.05) is 19.3 Å². The molecule has 3 rings (SSSR count). The molecule has 0 spiro atoms. The van der Waals surface area contributed by atoms with Crippen molar-refractivity contribution >= 4 is 0 Å². The molecule has 1 aliphatic heterocycles. The molecule has 1 aliphatic carbocycles. The number of hydrogen-bond acceptors (Lipinski definition) is 3. The van der Waals surface area contributed by atoms with Gasteiger partial charge in [0.2, 0.25) is 0 Å². The van der Waals surface area contributed by atoms with Gasteiger partial charge in [0.1, 0.15) is 0 Å². The van der Waals surface area contributed by atoms with Crippen molar-refractivity contribution in [1.82, 2.24) is 9.78 Å². The number of ether oxygens (including phenoxy) is 1. The van der Waals surface area contributed by atoms with Crippen LogP contribution < -0.4 is 5.73 Å². The first kappa shape index (κ1) is 12.2. The molecule has 4 heteroatoms. The summed E-state index contributed by atoms with van der Waals surface area (Å²) in [5.41, 5.74) is 7.23. The lowest BCUT2D eigenvalue weighted by Gasteiger charge is -2.22. The summed E-state index contributed by atoms with van der Waals surface area (Å²) in [6.07, 6.45) is 10.5. The molecule has 2 aliphatic rings. The van der Waals surface area contributed by atoms with Gasteiger partial charge in [-0.25, -0.2) is 0 Å². The fraction of sp³-hybridized carbons (Fsp3) is 0.786. The third-order valence-corrected chi connectivity index (χ3v) is 4.28. The van der Waals surface area contributed by atoms with Crippen LogP contribution >= 0.6 is 0 Å². The van der Waals surface area contributed by atoms with E-state index in [0.717, 1.165) is 25.1 Å². The normalized spacial score (nSPS) is 29.8. The minimum absolute atomic E-state index is 0.189. The van der Waals surface area contributed by atoms with Gasteiger partial charge in [0.05, 0.1) is 18.3 Å². The second-order valence-corrected chi connectivity index (χ2v) is 5.92. The SMILES string of the molecule is NC1(Cc2ccn(C3CCCCC3)n2)CCOC1. The van der Waals surface area contributed by atoms with Crippen LogP contribution in [0, 0.1) is 0 Å². The molecule has 100 valence electrons. The monoisotopic (exact) mass is 249 g/mol. The van der Waals surface area contributed by atoms with Gasteiger partial charge in [-0.3, -0.25) is 4.68 Å². The number of aromatic nitrogens is 2. The average molecular weight is 249 g/mol. The fourth-order valence-electron chi connectivity index (χ4n) is 3.14. The molecule has 1 saturated heterocycles. The molecule has 0 amide bonds. The van der Waals surface area contributed by atoms with Crippen molar-refractivity contribution in [3.05, 3.63) is 18.0 Å². The molecule has 1 unspecified atom stereocenters. The summed E-state index contributed by atoms with van der Waals surface area (Å²) in [5, 5.41) is 4.72. The quantitative estimate of drug-likeness (QED) is 0.892. The van der Waals surface area contributed by atoms with Crippen molar-refractivity contribution in [2.75, 3.05) is 13.2 Å². The van der Waals surface area contributed by atoms with Crippen LogP contribution in [0.25, 0.3) is 0 Å². The molecule has 1 saturated carbocycles. The van der Waals surface area contributed by atoms with E-state index in [1.54, 1.807) is 0 Å². The van der Waals surface area contributed by atoms with Gasteiger partial charge in [-0.2, -0.15) is 5.10 Å². The lowest BCUT2D eigenvalue weighted by Crippen LogP contribution is -2.42. The zero-order valence-electron chi connectivity index (χ0n) is 11.0. The molecule has 0 aromatic carbocycles. The van der Waals surface area contributed by atoms with Gasteiger partial charge in [-0.05, 0) is 25.3 Å². The van der Waals surface area contributed by atoms with Gasteiger partial charge >= 0.3 is 0 Å². The number of hydrogen-bond donors (Lipinski definition) is 1.